The molecule has 0 bridgehead atoms. The molecule has 5 rings (SSSR count). The number of carbonyl (C=O) groups excluding carboxylic acids is 1. The molecule has 0 radical (unpaired) electrons. The van der Waals surface area contributed by atoms with E-state index in [0.29, 0.717) is 21.2 Å². The normalized spacial score (nSPS) is 25.8. The largest absolute Gasteiger partial charge is 0.416 e. The van der Waals surface area contributed by atoms with E-state index in [4.69, 9.17) is 28.8 Å². The Morgan fingerprint density at radius 2 is 1.60 bits per heavy atom. The third-order valence-electron chi connectivity index (χ3n) is 6.47. The molecule has 0 saturated heterocycles. The SMILES string of the molecule is [2H]c1c([2H])c(CSc2nc(=O)c3c(n2CC(=O)N(CCN(C([2H])([2H])C)C([2H])([2H])C)C([2H])([2H])c2c([2H])c([2H])c(-c4c([2H])c([2H])c(C(F)(F)F)c([2H])c4[2H])c([2H])c2[2H])C([2H])([2H])C([2H])(C)C3([2H])[2H])c([2H])c([2H])c1F. The number of halogens is 4. The quantitative estimate of drug-likeness (QED) is 0.0822. The van der Waals surface area contributed by atoms with Crippen LogP contribution in [0, 0.1) is 11.7 Å². The highest BCUT2D eigenvalue weighted by molar-refractivity contribution is 7.98. The van der Waals surface area contributed by atoms with Gasteiger partial charge in [0.2, 0.25) is 5.91 Å². The second kappa shape index (κ2) is 15.5. The number of carbonyl (C=O) groups is 1. The number of aromatic nitrogens is 2. The van der Waals surface area contributed by atoms with Gasteiger partial charge < -0.3 is 14.4 Å². The molecule has 6 nitrogen and oxygen atoms in total. The Hall–Kier alpha value is -3.96. The molecule has 0 aliphatic heterocycles. The van der Waals surface area contributed by atoms with Crippen LogP contribution in [0.25, 0.3) is 11.1 Å². The Balaban J connectivity index is 1.81. The fourth-order valence-corrected chi connectivity index (χ4v) is 5.05. The number of fused-ring (bicyclic) bond motifs is 1. The summed E-state index contributed by atoms with van der Waals surface area (Å²) in [6.45, 7) is -10.0. The summed E-state index contributed by atoms with van der Waals surface area (Å²) in [7, 11) is 0. The third kappa shape index (κ3) is 8.73. The lowest BCUT2D eigenvalue weighted by atomic mass is 10.0. The van der Waals surface area contributed by atoms with Gasteiger partial charge in [-0.15, -0.1) is 0 Å². The van der Waals surface area contributed by atoms with Gasteiger partial charge in [-0.2, -0.15) is 18.2 Å². The predicted octanol–water partition coefficient (Wildman–Crippen LogP) is 7.47. The van der Waals surface area contributed by atoms with Crippen LogP contribution >= 0.6 is 11.8 Å². The third-order valence-corrected chi connectivity index (χ3v) is 7.47. The van der Waals surface area contributed by atoms with Crippen LogP contribution in [0.3, 0.4) is 0 Å². The number of hydrogen-bond acceptors (Lipinski definition) is 5. The van der Waals surface area contributed by atoms with Crippen molar-refractivity contribution in [1.29, 1.82) is 0 Å². The van der Waals surface area contributed by atoms with Crippen LogP contribution in [0.4, 0.5) is 17.6 Å². The maximum absolute atomic E-state index is 15.0. The summed E-state index contributed by atoms with van der Waals surface area (Å²) in [5.41, 5.74) is -9.83. The number of nitrogens with zero attached hydrogens (tertiary/aromatic N) is 4. The summed E-state index contributed by atoms with van der Waals surface area (Å²) in [6, 6.07) is -15.9. The van der Waals surface area contributed by atoms with Crippen LogP contribution < -0.4 is 5.56 Å². The molecule has 1 atom stereocenters. The van der Waals surface area contributed by atoms with Gasteiger partial charge in [0.25, 0.3) is 5.56 Å². The van der Waals surface area contributed by atoms with E-state index in [-0.39, 0.29) is 4.90 Å². The van der Waals surface area contributed by atoms with E-state index in [9.17, 15) is 25.1 Å². The maximum atomic E-state index is 15.0. The van der Waals surface area contributed by atoms with Gasteiger partial charge in [0.15, 0.2) is 5.16 Å². The second-order valence-electron chi connectivity index (χ2n) is 9.72. The molecule has 11 heteroatoms. The summed E-state index contributed by atoms with van der Waals surface area (Å²) in [6.07, 6.45) is -11.9. The zero-order valence-corrected chi connectivity index (χ0v) is 26.2. The fourth-order valence-electron chi connectivity index (χ4n) is 4.17. The molecule has 1 unspecified atom stereocenters. The average Bonchev–Trinajstić information content (AvgIpc) is 3.33. The first-order valence-electron chi connectivity index (χ1n) is 25.4. The van der Waals surface area contributed by atoms with Crippen molar-refractivity contribution >= 4 is 17.7 Å². The Kier molecular flexibility index (Phi) is 5.22. The van der Waals surface area contributed by atoms with E-state index in [1.54, 1.807) is 0 Å². The second-order valence-corrected chi connectivity index (χ2v) is 10.7. The predicted molar refractivity (Wildman–Crippen MR) is 181 cm³/mol. The minimum Gasteiger partial charge on any atom is -0.336 e. The Morgan fingerprint density at radius 3 is 2.21 bits per heavy atom. The highest BCUT2D eigenvalue weighted by Gasteiger charge is 2.30. The smallest absolute Gasteiger partial charge is 0.336 e. The summed E-state index contributed by atoms with van der Waals surface area (Å²) in [5, 5.41) is -0.775. The first-order valence-corrected chi connectivity index (χ1v) is 14.8. The number of benzene rings is 3. The first kappa shape index (κ1) is 16.2. The maximum Gasteiger partial charge on any atom is 0.416 e. The van der Waals surface area contributed by atoms with Crippen LogP contribution in [0.1, 0.15) is 80.2 Å². The van der Waals surface area contributed by atoms with Crippen LogP contribution in [0.15, 0.2) is 82.5 Å². The molecule has 3 aromatic carbocycles. The van der Waals surface area contributed by atoms with Gasteiger partial charge in [-0.3, -0.25) is 9.59 Å². The van der Waals surface area contributed by atoms with Gasteiger partial charge in [0.1, 0.15) is 12.4 Å². The molecule has 0 N–H and O–H groups in total. The lowest BCUT2D eigenvalue weighted by Crippen LogP contribution is -2.40. The van der Waals surface area contributed by atoms with E-state index in [2.05, 4.69) is 4.98 Å². The summed E-state index contributed by atoms with van der Waals surface area (Å²) in [5.74, 6) is -6.83. The molecular formula is C37H40F4N4O2S. The van der Waals surface area contributed by atoms with Gasteiger partial charge in [0, 0.05) is 48.9 Å². The highest BCUT2D eigenvalue weighted by atomic mass is 32.2. The highest BCUT2D eigenvalue weighted by Crippen LogP contribution is 2.32. The molecule has 0 saturated carbocycles. The van der Waals surface area contributed by atoms with Crippen molar-refractivity contribution in [2.24, 2.45) is 5.89 Å². The molecule has 1 aromatic heterocycles. The van der Waals surface area contributed by atoms with E-state index in [1.807, 2.05) is 0 Å². The molecule has 1 aliphatic carbocycles. The Labute approximate surface area is 315 Å². The molecule has 1 heterocycles. The average molecular weight is 704 g/mol. The van der Waals surface area contributed by atoms with Crippen molar-refractivity contribution in [1.82, 2.24) is 19.4 Å². The van der Waals surface area contributed by atoms with Crippen molar-refractivity contribution in [2.45, 2.75) is 63.6 Å². The number of rotatable bonds is 13. The lowest BCUT2D eigenvalue weighted by molar-refractivity contribution is -0.137. The van der Waals surface area contributed by atoms with Crippen LogP contribution in [0.5, 0.6) is 0 Å². The van der Waals surface area contributed by atoms with E-state index in [1.165, 1.54) is 0 Å². The minimum atomic E-state index is -5.44. The summed E-state index contributed by atoms with van der Waals surface area (Å²) >= 11 is 0.301. The monoisotopic (exact) mass is 703 g/mol. The van der Waals surface area contributed by atoms with Crippen molar-refractivity contribution < 1.29 is 53.9 Å². The molecule has 4 aromatic rings. The van der Waals surface area contributed by atoms with Gasteiger partial charge in [-0.25, -0.2) is 4.39 Å². The molecule has 254 valence electrons. The van der Waals surface area contributed by atoms with Gasteiger partial charge >= 0.3 is 6.18 Å². The number of thioether (sulfide) groups is 1. The van der Waals surface area contributed by atoms with E-state index in [0.717, 1.165) is 20.8 Å². The molecular weight excluding hydrogens is 640 g/mol. The van der Waals surface area contributed by atoms with Gasteiger partial charge in [-0.05, 0) is 78.1 Å². The van der Waals surface area contributed by atoms with Crippen molar-refractivity contribution in [2.75, 3.05) is 26.1 Å². The lowest BCUT2D eigenvalue weighted by Gasteiger charge is -2.28. The minimum absolute atomic E-state index is 0.107. The van der Waals surface area contributed by atoms with E-state index < -0.39 is 204 Å². The van der Waals surface area contributed by atoms with Crippen LogP contribution in [-0.2, 0) is 42.5 Å². The molecule has 0 fully saturated rings. The van der Waals surface area contributed by atoms with Crippen LogP contribution in [-0.4, -0.2) is 51.3 Å². The number of amides is 1. The zero-order chi connectivity index (χ0) is 54.8. The van der Waals surface area contributed by atoms with E-state index >= 15 is 4.79 Å². The van der Waals surface area contributed by atoms with Crippen molar-refractivity contribution in [3.63, 3.8) is 0 Å². The fraction of sp³-hybridized carbons (Fsp3) is 0.378. The topological polar surface area (TPSA) is 58.4 Å². The van der Waals surface area contributed by atoms with Crippen LogP contribution in [0.2, 0.25) is 0 Å². The molecule has 1 aliphatic rings. The molecule has 1 amide bonds. The number of likely N-dealkylation sites (N-methyl/N-ethyl adjacent to an activating group) is 1. The van der Waals surface area contributed by atoms with Crippen molar-refractivity contribution in [3.8, 4) is 11.1 Å². The number of hydrogen-bond donors (Lipinski definition) is 0. The molecule has 0 spiro atoms. The number of alkyl halides is 3. The van der Waals surface area contributed by atoms with Crippen molar-refractivity contribution in [3.05, 3.63) is 117 Å². The van der Waals surface area contributed by atoms with Gasteiger partial charge in [0.05, 0.1) is 24.8 Å². The summed E-state index contributed by atoms with van der Waals surface area (Å²) < 4.78 is 253. The Morgan fingerprint density at radius 1 is 1.00 bits per heavy atom. The standard InChI is InChI=1S/C37H40F4N4O2S/c1-4-43(5-2)18-19-44(22-26-6-10-28(11-7-26)29-12-14-30(15-13-29)37(39,40)41)34(46)23-45-33-21-25(3)20-32(33)35(47)42-36(45)48-24-27-8-16-31(38)17-9-27/h6-17,25H,4-5,18-24H2,1-3H3/i4D2,5D2,6D,7D,8D,9D,10D,11D,12D,13D,14D,15D,16D,17D,20D2,21D2,22D2,25D. The summed E-state index contributed by atoms with van der Waals surface area (Å²) in [4.78, 5) is 33.1. The van der Waals surface area contributed by atoms with Gasteiger partial charge in [-0.1, -0.05) is 80.9 Å². The molecule has 48 heavy (non-hydrogen) atoms. The first-order chi connectivity index (χ1) is 31.9. The Bertz CT molecular complexity index is 2840. The zero-order valence-electron chi connectivity index (χ0n) is 48.4.